The Bertz CT molecular complexity index is 1320. The first-order chi connectivity index (χ1) is 16.5. The lowest BCUT2D eigenvalue weighted by Crippen LogP contribution is -2.18. The van der Waals surface area contributed by atoms with E-state index in [0.717, 1.165) is 11.4 Å². The molecule has 0 aliphatic rings. The molecule has 0 aliphatic carbocycles. The van der Waals surface area contributed by atoms with Crippen molar-refractivity contribution in [2.45, 2.75) is 0 Å². The zero-order chi connectivity index (χ0) is 23.9. The molecule has 0 radical (unpaired) electrons. The van der Waals surface area contributed by atoms with Crippen molar-refractivity contribution in [2.75, 3.05) is 16.0 Å². The molecular weight excluding hydrogens is 432 g/mol. The van der Waals surface area contributed by atoms with Crippen LogP contribution in [0.2, 0.25) is 0 Å². The third-order valence-corrected chi connectivity index (χ3v) is 4.97. The molecule has 34 heavy (non-hydrogen) atoms. The molecule has 0 saturated heterocycles. The number of nitro benzene ring substituents is 1. The van der Waals surface area contributed by atoms with Gasteiger partial charge in [0, 0.05) is 34.8 Å². The Labute approximate surface area is 195 Å². The molecule has 4 rings (SSSR count). The van der Waals surface area contributed by atoms with Crippen molar-refractivity contribution in [1.82, 2.24) is 0 Å². The van der Waals surface area contributed by atoms with Crippen LogP contribution in [0.1, 0.15) is 20.7 Å². The quantitative estimate of drug-likeness (QED) is 0.241. The fourth-order valence-corrected chi connectivity index (χ4v) is 3.24. The Kier molecular flexibility index (Phi) is 6.60. The number of amides is 2. The van der Waals surface area contributed by atoms with Gasteiger partial charge in [-0.25, -0.2) is 0 Å². The minimum Gasteiger partial charge on any atom is -0.356 e. The van der Waals surface area contributed by atoms with Crippen molar-refractivity contribution in [1.29, 1.82) is 0 Å². The number of nitrogens with one attached hydrogen (secondary N) is 3. The molecule has 0 saturated carbocycles. The Morgan fingerprint density at radius 1 is 0.618 bits per heavy atom. The number of carbonyl (C=O) groups excluding carboxylic acids is 2. The second-order valence-corrected chi connectivity index (χ2v) is 7.33. The van der Waals surface area contributed by atoms with Gasteiger partial charge in [0.1, 0.15) is 0 Å². The van der Waals surface area contributed by atoms with Crippen LogP contribution in [0.15, 0.2) is 103 Å². The van der Waals surface area contributed by atoms with Gasteiger partial charge in [0.05, 0.1) is 16.2 Å². The van der Waals surface area contributed by atoms with E-state index in [2.05, 4.69) is 16.0 Å². The SMILES string of the molecule is O=C(Nc1ccccc1C(=O)Nc1ccc(Nc2ccccc2)cc1)c1ccc([N+](=O)[O-])cc1. The van der Waals surface area contributed by atoms with Crippen molar-refractivity contribution in [3.63, 3.8) is 0 Å². The highest BCUT2D eigenvalue weighted by Gasteiger charge is 2.15. The monoisotopic (exact) mass is 452 g/mol. The molecule has 0 aliphatic heterocycles. The molecule has 0 unspecified atom stereocenters. The maximum absolute atomic E-state index is 12.9. The minimum absolute atomic E-state index is 0.110. The van der Waals surface area contributed by atoms with E-state index in [-0.39, 0.29) is 22.7 Å². The molecule has 8 heteroatoms. The maximum Gasteiger partial charge on any atom is 0.269 e. The van der Waals surface area contributed by atoms with Crippen LogP contribution < -0.4 is 16.0 Å². The number of non-ortho nitro benzene ring substituents is 1. The van der Waals surface area contributed by atoms with E-state index >= 15 is 0 Å². The van der Waals surface area contributed by atoms with Gasteiger partial charge in [-0.1, -0.05) is 30.3 Å². The van der Waals surface area contributed by atoms with Gasteiger partial charge in [-0.3, -0.25) is 19.7 Å². The topological polar surface area (TPSA) is 113 Å². The van der Waals surface area contributed by atoms with Crippen molar-refractivity contribution >= 4 is 40.3 Å². The fourth-order valence-electron chi connectivity index (χ4n) is 3.24. The number of rotatable bonds is 7. The number of anilines is 4. The van der Waals surface area contributed by atoms with Crippen LogP contribution in [0, 0.1) is 10.1 Å². The highest BCUT2D eigenvalue weighted by Crippen LogP contribution is 2.22. The highest BCUT2D eigenvalue weighted by atomic mass is 16.6. The van der Waals surface area contributed by atoms with E-state index in [1.165, 1.54) is 24.3 Å². The third-order valence-electron chi connectivity index (χ3n) is 4.97. The lowest BCUT2D eigenvalue weighted by Gasteiger charge is -2.12. The smallest absolute Gasteiger partial charge is 0.269 e. The second-order valence-electron chi connectivity index (χ2n) is 7.33. The van der Waals surface area contributed by atoms with E-state index in [9.17, 15) is 19.7 Å². The Hall–Kier alpha value is -4.98. The van der Waals surface area contributed by atoms with Crippen LogP contribution in [0.3, 0.4) is 0 Å². The second kappa shape index (κ2) is 10.1. The predicted molar refractivity (Wildman–Crippen MR) is 132 cm³/mol. The summed E-state index contributed by atoms with van der Waals surface area (Å²) < 4.78 is 0. The van der Waals surface area contributed by atoms with Crippen molar-refractivity contribution in [3.05, 3.63) is 124 Å². The van der Waals surface area contributed by atoms with Gasteiger partial charge >= 0.3 is 0 Å². The van der Waals surface area contributed by atoms with Crippen LogP contribution >= 0.6 is 0 Å². The summed E-state index contributed by atoms with van der Waals surface area (Å²) in [5, 5.41) is 19.6. The first-order valence-corrected chi connectivity index (χ1v) is 10.4. The standard InChI is InChI=1S/C26H20N4O4/c31-25(18-10-16-22(17-11-18)30(33)34)29-24-9-5-4-8-23(24)26(32)28-21-14-12-20(13-15-21)27-19-6-2-1-3-7-19/h1-17,27H,(H,28,32)(H,29,31). The molecule has 168 valence electrons. The number of nitro groups is 1. The van der Waals surface area contributed by atoms with Crippen LogP contribution in [0.5, 0.6) is 0 Å². The molecule has 3 N–H and O–H groups in total. The summed E-state index contributed by atoms with van der Waals surface area (Å²) >= 11 is 0. The largest absolute Gasteiger partial charge is 0.356 e. The molecule has 8 nitrogen and oxygen atoms in total. The fraction of sp³-hybridized carbons (Fsp3) is 0. The highest BCUT2D eigenvalue weighted by molar-refractivity contribution is 6.12. The van der Waals surface area contributed by atoms with Gasteiger partial charge in [-0.2, -0.15) is 0 Å². The van der Waals surface area contributed by atoms with Crippen molar-refractivity contribution < 1.29 is 14.5 Å². The van der Waals surface area contributed by atoms with Gasteiger partial charge in [-0.15, -0.1) is 0 Å². The van der Waals surface area contributed by atoms with E-state index in [1.54, 1.807) is 36.4 Å². The van der Waals surface area contributed by atoms with E-state index in [0.29, 0.717) is 11.4 Å². The van der Waals surface area contributed by atoms with Crippen LogP contribution in [-0.2, 0) is 0 Å². The third kappa shape index (κ3) is 5.43. The molecule has 0 heterocycles. The van der Waals surface area contributed by atoms with Crippen molar-refractivity contribution in [2.24, 2.45) is 0 Å². The average Bonchev–Trinajstić information content (AvgIpc) is 2.86. The van der Waals surface area contributed by atoms with Crippen LogP contribution in [-0.4, -0.2) is 16.7 Å². The Balaban J connectivity index is 1.44. The minimum atomic E-state index is -0.536. The number of hydrogen-bond donors (Lipinski definition) is 3. The summed E-state index contributed by atoms with van der Waals surface area (Å²) in [6, 6.07) is 28.8. The van der Waals surface area contributed by atoms with Crippen LogP contribution in [0.4, 0.5) is 28.4 Å². The first kappa shape index (κ1) is 22.2. The molecule has 0 bridgehead atoms. The molecule has 0 aromatic heterocycles. The molecule has 0 spiro atoms. The zero-order valence-electron chi connectivity index (χ0n) is 17.9. The van der Waals surface area contributed by atoms with E-state index in [1.807, 2.05) is 42.5 Å². The van der Waals surface area contributed by atoms with Gasteiger partial charge in [-0.05, 0) is 60.7 Å². The molecule has 2 amide bonds. The zero-order valence-corrected chi connectivity index (χ0v) is 17.9. The number of para-hydroxylation sites is 2. The van der Waals surface area contributed by atoms with Gasteiger partial charge in [0.2, 0.25) is 0 Å². The molecular formula is C26H20N4O4. The number of nitrogens with zero attached hydrogens (tertiary/aromatic N) is 1. The lowest BCUT2D eigenvalue weighted by atomic mass is 10.1. The van der Waals surface area contributed by atoms with Gasteiger partial charge in [0.15, 0.2) is 0 Å². The molecule has 4 aromatic carbocycles. The van der Waals surface area contributed by atoms with E-state index < -0.39 is 10.8 Å². The summed E-state index contributed by atoms with van der Waals surface area (Å²) in [5.41, 5.74) is 3.16. The Morgan fingerprint density at radius 2 is 1.21 bits per heavy atom. The summed E-state index contributed by atoms with van der Waals surface area (Å²) in [6.07, 6.45) is 0. The molecule has 0 atom stereocenters. The Morgan fingerprint density at radius 3 is 1.88 bits per heavy atom. The molecule has 0 fully saturated rings. The number of hydrogen-bond acceptors (Lipinski definition) is 5. The number of carbonyl (C=O) groups is 2. The first-order valence-electron chi connectivity index (χ1n) is 10.4. The van der Waals surface area contributed by atoms with Crippen LogP contribution in [0.25, 0.3) is 0 Å². The average molecular weight is 452 g/mol. The number of benzene rings is 4. The van der Waals surface area contributed by atoms with Gasteiger partial charge in [0.25, 0.3) is 17.5 Å². The lowest BCUT2D eigenvalue weighted by molar-refractivity contribution is -0.384. The summed E-state index contributed by atoms with van der Waals surface area (Å²) in [6.45, 7) is 0. The molecule has 4 aromatic rings. The van der Waals surface area contributed by atoms with Gasteiger partial charge < -0.3 is 16.0 Å². The predicted octanol–water partition coefficient (Wildman–Crippen LogP) is 5.84. The van der Waals surface area contributed by atoms with Crippen molar-refractivity contribution in [3.8, 4) is 0 Å². The summed E-state index contributed by atoms with van der Waals surface area (Å²) in [4.78, 5) is 35.8. The normalized spacial score (nSPS) is 10.2. The van der Waals surface area contributed by atoms with E-state index in [4.69, 9.17) is 0 Å². The maximum atomic E-state index is 12.9. The summed E-state index contributed by atoms with van der Waals surface area (Å²) in [5.74, 6) is -0.866. The summed E-state index contributed by atoms with van der Waals surface area (Å²) in [7, 11) is 0.